The fourth-order valence-electron chi connectivity index (χ4n) is 3.62. The lowest BCUT2D eigenvalue weighted by atomic mass is 9.75. The van der Waals surface area contributed by atoms with Crippen molar-refractivity contribution in [2.45, 2.75) is 45.1 Å². The number of aromatic nitrogens is 2. The fraction of sp³-hybridized carbons (Fsp3) is 0.812. The molecule has 0 aromatic carbocycles. The number of nitrogens with one attached hydrogen (secondary N) is 1. The minimum absolute atomic E-state index is 0.255. The molecule has 1 aromatic rings. The highest BCUT2D eigenvalue weighted by Crippen LogP contribution is 2.49. The van der Waals surface area contributed by atoms with E-state index >= 15 is 0 Å². The first-order valence-corrected chi connectivity index (χ1v) is 8.04. The van der Waals surface area contributed by atoms with Gasteiger partial charge in [0.05, 0.1) is 11.8 Å². The van der Waals surface area contributed by atoms with Crippen molar-refractivity contribution < 1.29 is 4.74 Å². The predicted molar refractivity (Wildman–Crippen MR) is 79.6 cm³/mol. The van der Waals surface area contributed by atoms with Crippen LogP contribution >= 0.6 is 0 Å². The lowest BCUT2D eigenvalue weighted by Gasteiger charge is -2.34. The average Bonchev–Trinajstić information content (AvgIpc) is 3.07. The Kier molecular flexibility index (Phi) is 4.13. The standard InChI is InChI=1S/C16H27N3O/c1-3-8-17-12-16(11-14-6-9-19(2)18-14)7-10-20-15(16)13-4-5-13/h6,9,13,15,17H,3-5,7-8,10-12H2,1-2H3. The van der Waals surface area contributed by atoms with E-state index in [9.17, 15) is 0 Å². The van der Waals surface area contributed by atoms with Gasteiger partial charge in [0.2, 0.25) is 0 Å². The van der Waals surface area contributed by atoms with Crippen LogP contribution < -0.4 is 5.32 Å². The molecule has 0 amide bonds. The second-order valence-corrected chi connectivity index (χ2v) is 6.58. The Morgan fingerprint density at radius 2 is 2.35 bits per heavy atom. The molecule has 2 aliphatic rings. The van der Waals surface area contributed by atoms with Gasteiger partial charge in [-0.1, -0.05) is 6.92 Å². The summed E-state index contributed by atoms with van der Waals surface area (Å²) in [5, 5.41) is 8.24. The topological polar surface area (TPSA) is 39.1 Å². The van der Waals surface area contributed by atoms with Gasteiger partial charge in [-0.2, -0.15) is 5.10 Å². The fourth-order valence-corrected chi connectivity index (χ4v) is 3.62. The van der Waals surface area contributed by atoms with Crippen molar-refractivity contribution in [1.29, 1.82) is 0 Å². The summed E-state index contributed by atoms with van der Waals surface area (Å²) in [4.78, 5) is 0. The number of hydrogen-bond acceptors (Lipinski definition) is 3. The third-order valence-electron chi connectivity index (χ3n) is 4.76. The summed E-state index contributed by atoms with van der Waals surface area (Å²) >= 11 is 0. The third kappa shape index (κ3) is 2.91. The molecule has 20 heavy (non-hydrogen) atoms. The molecule has 1 saturated heterocycles. The van der Waals surface area contributed by atoms with Crippen molar-refractivity contribution in [3.8, 4) is 0 Å². The minimum atomic E-state index is 0.255. The molecule has 0 spiro atoms. The van der Waals surface area contributed by atoms with Gasteiger partial charge < -0.3 is 10.1 Å². The first-order valence-electron chi connectivity index (χ1n) is 8.04. The van der Waals surface area contributed by atoms with E-state index in [1.54, 1.807) is 0 Å². The van der Waals surface area contributed by atoms with Gasteiger partial charge >= 0.3 is 0 Å². The third-order valence-corrected chi connectivity index (χ3v) is 4.76. The van der Waals surface area contributed by atoms with E-state index < -0.39 is 0 Å². The zero-order valence-electron chi connectivity index (χ0n) is 12.8. The van der Waals surface area contributed by atoms with E-state index in [0.29, 0.717) is 6.10 Å². The lowest BCUT2D eigenvalue weighted by Crippen LogP contribution is -2.44. The molecule has 1 saturated carbocycles. The van der Waals surface area contributed by atoms with Crippen molar-refractivity contribution in [2.24, 2.45) is 18.4 Å². The Morgan fingerprint density at radius 3 is 3.00 bits per heavy atom. The van der Waals surface area contributed by atoms with E-state index in [4.69, 9.17) is 4.74 Å². The second-order valence-electron chi connectivity index (χ2n) is 6.58. The summed E-state index contributed by atoms with van der Waals surface area (Å²) in [6, 6.07) is 2.16. The molecule has 2 atom stereocenters. The molecule has 0 radical (unpaired) electrons. The van der Waals surface area contributed by atoms with Crippen molar-refractivity contribution in [3.05, 3.63) is 18.0 Å². The van der Waals surface area contributed by atoms with E-state index in [0.717, 1.165) is 32.0 Å². The summed E-state index contributed by atoms with van der Waals surface area (Å²) < 4.78 is 8.04. The quantitative estimate of drug-likeness (QED) is 0.776. The maximum absolute atomic E-state index is 6.13. The highest BCUT2D eigenvalue weighted by molar-refractivity contribution is 5.09. The molecular formula is C16H27N3O. The van der Waals surface area contributed by atoms with Crippen LogP contribution in [0, 0.1) is 11.3 Å². The molecule has 1 aliphatic heterocycles. The summed E-state index contributed by atoms with van der Waals surface area (Å²) in [5.41, 5.74) is 1.46. The minimum Gasteiger partial charge on any atom is -0.377 e. The van der Waals surface area contributed by atoms with Crippen LogP contribution in [-0.2, 0) is 18.2 Å². The van der Waals surface area contributed by atoms with Gasteiger partial charge in [0.1, 0.15) is 0 Å². The smallest absolute Gasteiger partial charge is 0.0676 e. The summed E-state index contributed by atoms with van der Waals surface area (Å²) in [6.45, 7) is 5.31. The van der Waals surface area contributed by atoms with E-state index in [1.165, 1.54) is 31.4 Å². The molecule has 2 unspecified atom stereocenters. The van der Waals surface area contributed by atoms with Crippen molar-refractivity contribution in [1.82, 2.24) is 15.1 Å². The predicted octanol–water partition coefficient (Wildman–Crippen LogP) is 2.15. The zero-order chi connectivity index (χ0) is 14.0. The molecule has 1 aliphatic carbocycles. The molecule has 3 rings (SSSR count). The molecule has 2 heterocycles. The van der Waals surface area contributed by atoms with Crippen LogP contribution in [-0.4, -0.2) is 35.6 Å². The van der Waals surface area contributed by atoms with Gasteiger partial charge in [-0.05, 0) is 44.2 Å². The van der Waals surface area contributed by atoms with Gasteiger partial charge in [-0.15, -0.1) is 0 Å². The van der Waals surface area contributed by atoms with Crippen LogP contribution in [0.15, 0.2) is 12.3 Å². The van der Waals surface area contributed by atoms with Crippen LogP contribution in [0.5, 0.6) is 0 Å². The Balaban J connectivity index is 1.74. The van der Waals surface area contributed by atoms with Crippen LogP contribution in [0.3, 0.4) is 0 Å². The van der Waals surface area contributed by atoms with Crippen LogP contribution in [0.25, 0.3) is 0 Å². The van der Waals surface area contributed by atoms with E-state index in [2.05, 4.69) is 23.4 Å². The Morgan fingerprint density at radius 1 is 1.50 bits per heavy atom. The van der Waals surface area contributed by atoms with Crippen LogP contribution in [0.1, 0.15) is 38.3 Å². The maximum atomic E-state index is 6.13. The number of hydrogen-bond donors (Lipinski definition) is 1. The second kappa shape index (κ2) is 5.86. The lowest BCUT2D eigenvalue weighted by molar-refractivity contribution is 0.0302. The molecule has 2 fully saturated rings. The summed E-state index contributed by atoms with van der Waals surface area (Å²) in [6.07, 6.45) is 8.59. The van der Waals surface area contributed by atoms with Gasteiger partial charge in [0.25, 0.3) is 0 Å². The Labute approximate surface area is 121 Å². The molecule has 1 aromatic heterocycles. The Hall–Kier alpha value is -0.870. The molecule has 4 heteroatoms. The molecular weight excluding hydrogens is 250 g/mol. The zero-order valence-corrected chi connectivity index (χ0v) is 12.8. The van der Waals surface area contributed by atoms with E-state index in [1.807, 2.05) is 17.9 Å². The molecule has 4 nitrogen and oxygen atoms in total. The SMILES string of the molecule is CCCNCC1(Cc2ccn(C)n2)CCOC1C1CC1. The van der Waals surface area contributed by atoms with Crippen LogP contribution in [0.4, 0.5) is 0 Å². The molecule has 0 bridgehead atoms. The number of aryl methyl sites for hydroxylation is 1. The van der Waals surface area contributed by atoms with Crippen molar-refractivity contribution >= 4 is 0 Å². The highest BCUT2D eigenvalue weighted by Gasteiger charge is 2.50. The van der Waals surface area contributed by atoms with Crippen molar-refractivity contribution in [2.75, 3.05) is 19.7 Å². The monoisotopic (exact) mass is 277 g/mol. The van der Waals surface area contributed by atoms with Gasteiger partial charge in [0.15, 0.2) is 0 Å². The molecule has 1 N–H and O–H groups in total. The van der Waals surface area contributed by atoms with Crippen molar-refractivity contribution in [3.63, 3.8) is 0 Å². The average molecular weight is 277 g/mol. The van der Waals surface area contributed by atoms with Gasteiger partial charge in [-0.25, -0.2) is 0 Å². The number of ether oxygens (including phenoxy) is 1. The highest BCUT2D eigenvalue weighted by atomic mass is 16.5. The first-order chi connectivity index (χ1) is 9.73. The van der Waals surface area contributed by atoms with Crippen LogP contribution in [0.2, 0.25) is 0 Å². The molecule has 112 valence electrons. The summed E-state index contributed by atoms with van der Waals surface area (Å²) in [5.74, 6) is 0.796. The maximum Gasteiger partial charge on any atom is 0.0676 e. The Bertz CT molecular complexity index is 441. The number of rotatable bonds is 7. The van der Waals surface area contributed by atoms with E-state index in [-0.39, 0.29) is 5.41 Å². The first kappa shape index (κ1) is 14.1. The normalized spacial score (nSPS) is 30.0. The number of nitrogens with zero attached hydrogens (tertiary/aromatic N) is 2. The van der Waals surface area contributed by atoms with Gasteiger partial charge in [-0.3, -0.25) is 4.68 Å². The van der Waals surface area contributed by atoms with Gasteiger partial charge in [0, 0.05) is 38.2 Å². The largest absolute Gasteiger partial charge is 0.377 e. The summed E-state index contributed by atoms with van der Waals surface area (Å²) in [7, 11) is 2.00.